The molecule has 1 atom stereocenters. The Morgan fingerprint density at radius 2 is 2.29 bits per heavy atom. The first-order valence-corrected chi connectivity index (χ1v) is 5.47. The standard InChI is InChI=1S/C12H13ClN2O2/c1-8(12(16)17)7-15(2)11-5-10(13)4-3-9(11)6-14/h3-5,8H,7H2,1-2H3,(H,16,17). The Hall–Kier alpha value is -1.73. The van der Waals surface area contributed by atoms with Crippen molar-refractivity contribution in [1.29, 1.82) is 5.26 Å². The molecule has 0 aliphatic heterocycles. The lowest BCUT2D eigenvalue weighted by atomic mass is 10.1. The SMILES string of the molecule is CC(CN(C)c1cc(Cl)ccc1C#N)C(=O)O. The smallest absolute Gasteiger partial charge is 0.308 e. The van der Waals surface area contributed by atoms with Gasteiger partial charge in [0.1, 0.15) is 6.07 Å². The zero-order valence-electron chi connectivity index (χ0n) is 9.64. The lowest BCUT2D eigenvalue weighted by Gasteiger charge is -2.22. The predicted octanol–water partition coefficient (Wildman–Crippen LogP) is 2.37. The summed E-state index contributed by atoms with van der Waals surface area (Å²) >= 11 is 5.86. The van der Waals surface area contributed by atoms with Gasteiger partial charge in [0.05, 0.1) is 17.2 Å². The van der Waals surface area contributed by atoms with Gasteiger partial charge in [0.2, 0.25) is 0 Å². The van der Waals surface area contributed by atoms with E-state index < -0.39 is 11.9 Å². The zero-order valence-corrected chi connectivity index (χ0v) is 10.4. The molecule has 90 valence electrons. The van der Waals surface area contributed by atoms with Crippen molar-refractivity contribution in [3.63, 3.8) is 0 Å². The molecule has 4 nitrogen and oxygen atoms in total. The molecular formula is C12H13ClN2O2. The summed E-state index contributed by atoms with van der Waals surface area (Å²) in [4.78, 5) is 12.5. The van der Waals surface area contributed by atoms with E-state index in [9.17, 15) is 4.79 Å². The fraction of sp³-hybridized carbons (Fsp3) is 0.333. The predicted molar refractivity (Wildman–Crippen MR) is 66.2 cm³/mol. The van der Waals surface area contributed by atoms with Gasteiger partial charge >= 0.3 is 5.97 Å². The molecule has 0 saturated heterocycles. The average Bonchev–Trinajstić information content (AvgIpc) is 2.28. The maximum Gasteiger partial charge on any atom is 0.308 e. The first-order valence-electron chi connectivity index (χ1n) is 5.09. The highest BCUT2D eigenvalue weighted by molar-refractivity contribution is 6.30. The van der Waals surface area contributed by atoms with E-state index in [-0.39, 0.29) is 0 Å². The van der Waals surface area contributed by atoms with Crippen LogP contribution in [0.15, 0.2) is 18.2 Å². The Balaban J connectivity index is 2.96. The molecule has 1 aromatic rings. The van der Waals surface area contributed by atoms with Gasteiger partial charge in [0.15, 0.2) is 0 Å². The molecule has 0 spiro atoms. The van der Waals surface area contributed by atoms with Gasteiger partial charge in [-0.1, -0.05) is 18.5 Å². The molecule has 5 heteroatoms. The van der Waals surface area contributed by atoms with E-state index in [1.807, 2.05) is 0 Å². The number of benzene rings is 1. The number of anilines is 1. The quantitative estimate of drug-likeness (QED) is 0.894. The second kappa shape index (κ2) is 5.55. The van der Waals surface area contributed by atoms with Gasteiger partial charge in [0, 0.05) is 18.6 Å². The molecule has 0 aliphatic rings. The van der Waals surface area contributed by atoms with Crippen LogP contribution in [0.1, 0.15) is 12.5 Å². The van der Waals surface area contributed by atoms with Gasteiger partial charge < -0.3 is 10.0 Å². The van der Waals surface area contributed by atoms with Crippen molar-refractivity contribution in [2.24, 2.45) is 5.92 Å². The molecule has 1 aromatic carbocycles. The number of nitriles is 1. The molecule has 0 aliphatic carbocycles. The summed E-state index contributed by atoms with van der Waals surface area (Å²) in [5.41, 5.74) is 1.13. The van der Waals surface area contributed by atoms with E-state index in [4.69, 9.17) is 22.0 Å². The molecule has 0 saturated carbocycles. The molecule has 0 heterocycles. The summed E-state index contributed by atoms with van der Waals surface area (Å²) in [6, 6.07) is 6.98. The molecule has 0 fully saturated rings. The molecule has 17 heavy (non-hydrogen) atoms. The largest absolute Gasteiger partial charge is 0.481 e. The fourth-order valence-electron chi connectivity index (χ4n) is 1.50. The molecule has 0 bridgehead atoms. The summed E-state index contributed by atoms with van der Waals surface area (Å²) in [6.07, 6.45) is 0. The van der Waals surface area contributed by atoms with Crippen LogP contribution in [0.25, 0.3) is 0 Å². The highest BCUT2D eigenvalue weighted by Gasteiger charge is 2.16. The fourth-order valence-corrected chi connectivity index (χ4v) is 1.67. The van der Waals surface area contributed by atoms with Crippen molar-refractivity contribution in [2.45, 2.75) is 6.92 Å². The minimum Gasteiger partial charge on any atom is -0.481 e. The monoisotopic (exact) mass is 252 g/mol. The summed E-state index contributed by atoms with van der Waals surface area (Å²) in [6.45, 7) is 1.94. The topological polar surface area (TPSA) is 64.3 Å². The average molecular weight is 253 g/mol. The van der Waals surface area contributed by atoms with Gasteiger partial charge in [0.25, 0.3) is 0 Å². The second-order valence-electron chi connectivity index (χ2n) is 3.89. The van der Waals surface area contributed by atoms with E-state index in [1.165, 1.54) is 0 Å². The number of hydrogen-bond donors (Lipinski definition) is 1. The van der Waals surface area contributed by atoms with Crippen LogP contribution >= 0.6 is 11.6 Å². The van der Waals surface area contributed by atoms with Crippen molar-refractivity contribution in [2.75, 3.05) is 18.5 Å². The van der Waals surface area contributed by atoms with Crippen molar-refractivity contribution in [3.8, 4) is 6.07 Å². The minimum absolute atomic E-state index is 0.324. The van der Waals surface area contributed by atoms with E-state index in [0.29, 0.717) is 22.8 Å². The van der Waals surface area contributed by atoms with Crippen LogP contribution in [0.5, 0.6) is 0 Å². The van der Waals surface area contributed by atoms with Crippen LogP contribution in [-0.2, 0) is 4.79 Å². The molecule has 1 unspecified atom stereocenters. The highest BCUT2D eigenvalue weighted by atomic mass is 35.5. The van der Waals surface area contributed by atoms with Gasteiger partial charge in [-0.2, -0.15) is 5.26 Å². The van der Waals surface area contributed by atoms with E-state index in [0.717, 1.165) is 0 Å². The van der Waals surface area contributed by atoms with Gasteiger partial charge in [-0.3, -0.25) is 4.79 Å². The number of carbonyl (C=O) groups is 1. The maximum atomic E-state index is 10.8. The zero-order chi connectivity index (χ0) is 13.0. The van der Waals surface area contributed by atoms with Gasteiger partial charge in [-0.25, -0.2) is 0 Å². The van der Waals surface area contributed by atoms with Crippen molar-refractivity contribution >= 4 is 23.3 Å². The number of nitrogens with zero attached hydrogens (tertiary/aromatic N) is 2. The Kier molecular flexibility index (Phi) is 4.36. The van der Waals surface area contributed by atoms with Crippen LogP contribution in [-0.4, -0.2) is 24.7 Å². The minimum atomic E-state index is -0.864. The molecule has 0 aromatic heterocycles. The third-order valence-corrected chi connectivity index (χ3v) is 2.70. The summed E-state index contributed by atoms with van der Waals surface area (Å²) in [5.74, 6) is -1.37. The maximum absolute atomic E-state index is 10.8. The van der Waals surface area contributed by atoms with Gasteiger partial charge in [-0.15, -0.1) is 0 Å². The molecular weight excluding hydrogens is 240 g/mol. The van der Waals surface area contributed by atoms with Crippen LogP contribution in [0, 0.1) is 17.2 Å². The number of rotatable bonds is 4. The second-order valence-corrected chi connectivity index (χ2v) is 4.33. The highest BCUT2D eigenvalue weighted by Crippen LogP contribution is 2.24. The van der Waals surface area contributed by atoms with Crippen LogP contribution < -0.4 is 4.90 Å². The Labute approximate surface area is 105 Å². The molecule has 1 rings (SSSR count). The normalized spacial score (nSPS) is 11.6. The summed E-state index contributed by atoms with van der Waals surface area (Å²) in [7, 11) is 1.74. The van der Waals surface area contributed by atoms with Gasteiger partial charge in [-0.05, 0) is 18.2 Å². The molecule has 1 N–H and O–H groups in total. The number of aliphatic carboxylic acids is 1. The summed E-state index contributed by atoms with van der Waals surface area (Å²) < 4.78 is 0. The molecule has 0 radical (unpaired) electrons. The Morgan fingerprint density at radius 1 is 1.65 bits per heavy atom. The van der Waals surface area contributed by atoms with E-state index in [2.05, 4.69) is 6.07 Å². The number of carboxylic acid groups (broad SMARTS) is 1. The van der Waals surface area contributed by atoms with Crippen LogP contribution in [0.3, 0.4) is 0 Å². The number of carboxylic acids is 1. The first-order chi connectivity index (χ1) is 7.95. The van der Waals surface area contributed by atoms with Crippen molar-refractivity contribution < 1.29 is 9.90 Å². The van der Waals surface area contributed by atoms with Crippen molar-refractivity contribution in [1.82, 2.24) is 0 Å². The number of hydrogen-bond acceptors (Lipinski definition) is 3. The van der Waals surface area contributed by atoms with Crippen molar-refractivity contribution in [3.05, 3.63) is 28.8 Å². The first kappa shape index (κ1) is 13.3. The summed E-state index contributed by atoms with van der Waals surface area (Å²) in [5, 5.41) is 18.3. The van der Waals surface area contributed by atoms with E-state index in [1.54, 1.807) is 37.1 Å². The van der Waals surface area contributed by atoms with Crippen LogP contribution in [0.2, 0.25) is 5.02 Å². The Morgan fingerprint density at radius 3 is 2.82 bits per heavy atom. The lowest BCUT2D eigenvalue weighted by molar-refractivity contribution is -0.140. The molecule has 0 amide bonds. The third-order valence-electron chi connectivity index (χ3n) is 2.46. The lowest BCUT2D eigenvalue weighted by Crippen LogP contribution is -2.28. The third kappa shape index (κ3) is 3.36. The Bertz CT molecular complexity index is 468. The number of halogens is 1. The van der Waals surface area contributed by atoms with E-state index >= 15 is 0 Å². The van der Waals surface area contributed by atoms with Crippen LogP contribution in [0.4, 0.5) is 5.69 Å².